The molecule has 0 spiro atoms. The number of nitrogens with zero attached hydrogens (tertiary/aromatic N) is 2. The first-order chi connectivity index (χ1) is 9.54. The van der Waals surface area contributed by atoms with Crippen LogP contribution in [0.1, 0.15) is 34.5 Å². The molecule has 1 aromatic carbocycles. The maximum atomic E-state index is 12.7. The normalized spacial score (nSPS) is 14.6. The van der Waals surface area contributed by atoms with Crippen molar-refractivity contribution in [2.24, 2.45) is 5.92 Å². The number of aryl methyl sites for hydroxylation is 2. The highest BCUT2D eigenvalue weighted by Crippen LogP contribution is 2.30. The van der Waals surface area contributed by atoms with E-state index in [4.69, 9.17) is 0 Å². The fourth-order valence-corrected chi connectivity index (χ4v) is 2.63. The summed E-state index contributed by atoms with van der Waals surface area (Å²) in [5.41, 5.74) is 3.73. The number of carbonyl (C=O) groups excluding carboxylic acids is 1. The van der Waals surface area contributed by atoms with Crippen LogP contribution in [-0.4, -0.2) is 29.4 Å². The van der Waals surface area contributed by atoms with E-state index in [1.54, 1.807) is 0 Å². The second-order valence-corrected chi connectivity index (χ2v) is 5.96. The van der Waals surface area contributed by atoms with Crippen LogP contribution in [0.4, 0.5) is 0 Å². The molecule has 3 rings (SSSR count). The number of hydrogen-bond donors (Lipinski definition) is 0. The van der Waals surface area contributed by atoms with Crippen LogP contribution < -0.4 is 0 Å². The van der Waals surface area contributed by atoms with Crippen LogP contribution in [0, 0.1) is 19.8 Å². The molecule has 1 fully saturated rings. The largest absolute Gasteiger partial charge is 0.341 e. The van der Waals surface area contributed by atoms with Crippen LogP contribution in [-0.2, 0) is 0 Å². The highest BCUT2D eigenvalue weighted by molar-refractivity contribution is 6.06. The van der Waals surface area contributed by atoms with Crippen LogP contribution in [0.5, 0.6) is 0 Å². The van der Waals surface area contributed by atoms with Gasteiger partial charge in [0.05, 0.1) is 11.1 Å². The van der Waals surface area contributed by atoms with E-state index in [1.807, 2.05) is 44.0 Å². The van der Waals surface area contributed by atoms with Gasteiger partial charge >= 0.3 is 0 Å². The number of fused-ring (bicyclic) bond motifs is 1. The average Bonchev–Trinajstić information content (AvgIpc) is 3.21. The molecule has 0 radical (unpaired) electrons. The molecular formula is C17H20N2O. The summed E-state index contributed by atoms with van der Waals surface area (Å²) < 4.78 is 0. The Morgan fingerprint density at radius 2 is 2.05 bits per heavy atom. The highest BCUT2D eigenvalue weighted by atomic mass is 16.2. The number of hydrogen-bond acceptors (Lipinski definition) is 2. The molecule has 1 aromatic heterocycles. The number of aromatic nitrogens is 1. The third-order valence-electron chi connectivity index (χ3n) is 3.90. The second kappa shape index (κ2) is 4.89. The molecule has 0 atom stereocenters. The summed E-state index contributed by atoms with van der Waals surface area (Å²) in [5.74, 6) is 0.817. The lowest BCUT2D eigenvalue weighted by Gasteiger charge is -2.18. The van der Waals surface area contributed by atoms with Gasteiger partial charge in [-0.25, -0.2) is 0 Å². The van der Waals surface area contributed by atoms with Gasteiger partial charge in [0.1, 0.15) is 0 Å². The monoisotopic (exact) mass is 268 g/mol. The lowest BCUT2D eigenvalue weighted by atomic mass is 10.0. The summed E-state index contributed by atoms with van der Waals surface area (Å²) >= 11 is 0. The number of rotatable bonds is 3. The molecular weight excluding hydrogens is 248 g/mol. The molecule has 1 aliphatic carbocycles. The third-order valence-corrected chi connectivity index (χ3v) is 3.90. The van der Waals surface area contributed by atoms with E-state index >= 15 is 0 Å². The summed E-state index contributed by atoms with van der Waals surface area (Å²) in [6.07, 6.45) is 2.51. The molecule has 104 valence electrons. The van der Waals surface area contributed by atoms with E-state index in [-0.39, 0.29) is 5.91 Å². The molecule has 20 heavy (non-hydrogen) atoms. The SMILES string of the molecule is Cc1ccc2nc(C)cc(C(=O)N(C)CC3CC3)c2c1. The van der Waals surface area contributed by atoms with Gasteiger partial charge in [-0.2, -0.15) is 0 Å². The van der Waals surface area contributed by atoms with E-state index in [0.29, 0.717) is 5.92 Å². The zero-order chi connectivity index (χ0) is 14.3. The molecule has 1 saturated carbocycles. The predicted octanol–water partition coefficient (Wildman–Crippen LogP) is 3.33. The first kappa shape index (κ1) is 13.1. The average molecular weight is 268 g/mol. The predicted molar refractivity (Wildman–Crippen MR) is 80.9 cm³/mol. The van der Waals surface area contributed by atoms with Crippen LogP contribution in [0.3, 0.4) is 0 Å². The van der Waals surface area contributed by atoms with Crippen molar-refractivity contribution in [1.82, 2.24) is 9.88 Å². The van der Waals surface area contributed by atoms with Crippen molar-refractivity contribution < 1.29 is 4.79 Å². The Bertz CT molecular complexity index is 674. The number of pyridine rings is 1. The summed E-state index contributed by atoms with van der Waals surface area (Å²) in [6.45, 7) is 4.85. The van der Waals surface area contributed by atoms with Gasteiger partial charge in [0, 0.05) is 24.7 Å². The lowest BCUT2D eigenvalue weighted by molar-refractivity contribution is 0.0790. The summed E-state index contributed by atoms with van der Waals surface area (Å²) in [5, 5.41) is 0.961. The second-order valence-electron chi connectivity index (χ2n) is 5.96. The summed E-state index contributed by atoms with van der Waals surface area (Å²) in [4.78, 5) is 19.1. The Morgan fingerprint density at radius 1 is 1.30 bits per heavy atom. The van der Waals surface area contributed by atoms with E-state index in [1.165, 1.54) is 12.8 Å². The van der Waals surface area contributed by atoms with Crippen molar-refractivity contribution in [1.29, 1.82) is 0 Å². The third kappa shape index (κ3) is 2.53. The van der Waals surface area contributed by atoms with Gasteiger partial charge in [-0.3, -0.25) is 9.78 Å². The fourth-order valence-electron chi connectivity index (χ4n) is 2.63. The molecule has 0 aliphatic heterocycles. The van der Waals surface area contributed by atoms with Crippen molar-refractivity contribution in [3.63, 3.8) is 0 Å². The Hall–Kier alpha value is -1.90. The molecule has 3 heteroatoms. The van der Waals surface area contributed by atoms with E-state index < -0.39 is 0 Å². The standard InChI is InChI=1S/C17H20N2O/c1-11-4-7-16-14(8-11)15(9-12(2)18-16)17(20)19(3)10-13-5-6-13/h4,7-9,13H,5-6,10H2,1-3H3. The van der Waals surface area contributed by atoms with Gasteiger partial charge in [-0.15, -0.1) is 0 Å². The molecule has 1 amide bonds. The van der Waals surface area contributed by atoms with Crippen molar-refractivity contribution in [3.05, 3.63) is 41.1 Å². The minimum atomic E-state index is 0.109. The Kier molecular flexibility index (Phi) is 3.20. The molecule has 0 bridgehead atoms. The fraction of sp³-hybridized carbons (Fsp3) is 0.412. The van der Waals surface area contributed by atoms with Crippen LogP contribution >= 0.6 is 0 Å². The van der Waals surface area contributed by atoms with Gasteiger partial charge in [-0.05, 0) is 50.8 Å². The number of benzene rings is 1. The first-order valence-corrected chi connectivity index (χ1v) is 7.18. The van der Waals surface area contributed by atoms with E-state index in [2.05, 4.69) is 11.1 Å². The Labute approximate surface area is 119 Å². The molecule has 0 saturated heterocycles. The summed E-state index contributed by atoms with van der Waals surface area (Å²) in [7, 11) is 1.90. The summed E-state index contributed by atoms with van der Waals surface area (Å²) in [6, 6.07) is 8.00. The molecule has 0 unspecified atom stereocenters. The Balaban J connectivity index is 2.04. The maximum Gasteiger partial charge on any atom is 0.254 e. The lowest BCUT2D eigenvalue weighted by Crippen LogP contribution is -2.29. The van der Waals surface area contributed by atoms with Crippen LogP contribution in [0.25, 0.3) is 10.9 Å². The van der Waals surface area contributed by atoms with Gasteiger partial charge in [0.2, 0.25) is 0 Å². The van der Waals surface area contributed by atoms with Crippen molar-refractivity contribution >= 4 is 16.8 Å². The molecule has 1 aliphatic rings. The van der Waals surface area contributed by atoms with Gasteiger partial charge in [0.25, 0.3) is 5.91 Å². The maximum absolute atomic E-state index is 12.7. The van der Waals surface area contributed by atoms with Crippen LogP contribution in [0.15, 0.2) is 24.3 Å². The van der Waals surface area contributed by atoms with Gasteiger partial charge in [-0.1, -0.05) is 11.6 Å². The van der Waals surface area contributed by atoms with E-state index in [0.717, 1.165) is 34.3 Å². The minimum Gasteiger partial charge on any atom is -0.341 e. The Morgan fingerprint density at radius 3 is 2.75 bits per heavy atom. The van der Waals surface area contributed by atoms with Gasteiger partial charge < -0.3 is 4.90 Å². The van der Waals surface area contributed by atoms with Crippen molar-refractivity contribution in [2.75, 3.05) is 13.6 Å². The zero-order valence-electron chi connectivity index (χ0n) is 12.3. The highest BCUT2D eigenvalue weighted by Gasteiger charge is 2.26. The topological polar surface area (TPSA) is 33.2 Å². The minimum absolute atomic E-state index is 0.109. The van der Waals surface area contributed by atoms with Gasteiger partial charge in [0.15, 0.2) is 0 Å². The molecule has 0 N–H and O–H groups in total. The van der Waals surface area contributed by atoms with Crippen molar-refractivity contribution in [2.45, 2.75) is 26.7 Å². The molecule has 2 aromatic rings. The molecule has 1 heterocycles. The number of amides is 1. The van der Waals surface area contributed by atoms with Crippen molar-refractivity contribution in [3.8, 4) is 0 Å². The van der Waals surface area contributed by atoms with E-state index in [9.17, 15) is 4.79 Å². The van der Waals surface area contributed by atoms with Crippen LogP contribution in [0.2, 0.25) is 0 Å². The molecule has 3 nitrogen and oxygen atoms in total. The number of carbonyl (C=O) groups is 1. The smallest absolute Gasteiger partial charge is 0.254 e. The quantitative estimate of drug-likeness (QED) is 0.855. The zero-order valence-corrected chi connectivity index (χ0v) is 12.3. The first-order valence-electron chi connectivity index (χ1n) is 7.18.